The Hall–Kier alpha value is -1.55. The molecule has 4 nitrogen and oxygen atoms in total. The summed E-state index contributed by atoms with van der Waals surface area (Å²) in [4.78, 5) is 11.9. The Morgan fingerprint density at radius 2 is 1.90 bits per heavy atom. The second kappa shape index (κ2) is 7.46. The molecule has 2 rings (SSSR count). The van der Waals surface area contributed by atoms with Gasteiger partial charge in [0, 0.05) is 12.2 Å². The average molecular weight is 290 g/mol. The largest absolute Gasteiger partial charge is 0.497 e. The SMILES string of the molecule is CCC1(CNCC(=O)Nc2ccc(OC)cc2)CCCC1. The maximum Gasteiger partial charge on any atom is 0.238 e. The van der Waals surface area contributed by atoms with Crippen molar-refractivity contribution in [3.05, 3.63) is 24.3 Å². The molecule has 0 unspecified atom stereocenters. The van der Waals surface area contributed by atoms with Crippen LogP contribution in [-0.2, 0) is 4.79 Å². The molecule has 0 saturated heterocycles. The van der Waals surface area contributed by atoms with Crippen molar-refractivity contribution in [2.24, 2.45) is 5.41 Å². The molecule has 0 spiro atoms. The highest BCUT2D eigenvalue weighted by atomic mass is 16.5. The predicted molar refractivity (Wildman–Crippen MR) is 85.7 cm³/mol. The van der Waals surface area contributed by atoms with Gasteiger partial charge in [0.1, 0.15) is 5.75 Å². The van der Waals surface area contributed by atoms with Gasteiger partial charge in [0.2, 0.25) is 5.91 Å². The summed E-state index contributed by atoms with van der Waals surface area (Å²) in [6.07, 6.45) is 6.43. The average Bonchev–Trinajstić information content (AvgIpc) is 2.97. The summed E-state index contributed by atoms with van der Waals surface area (Å²) >= 11 is 0. The number of anilines is 1. The fourth-order valence-corrected chi connectivity index (χ4v) is 3.10. The van der Waals surface area contributed by atoms with Gasteiger partial charge in [-0.15, -0.1) is 0 Å². The third-order valence-corrected chi connectivity index (χ3v) is 4.57. The van der Waals surface area contributed by atoms with E-state index in [1.807, 2.05) is 24.3 Å². The van der Waals surface area contributed by atoms with E-state index >= 15 is 0 Å². The molecule has 0 heterocycles. The van der Waals surface area contributed by atoms with Crippen molar-refractivity contribution in [1.29, 1.82) is 0 Å². The lowest BCUT2D eigenvalue weighted by atomic mass is 9.83. The van der Waals surface area contributed by atoms with E-state index in [-0.39, 0.29) is 5.91 Å². The molecule has 0 aromatic heterocycles. The lowest BCUT2D eigenvalue weighted by Crippen LogP contribution is -2.36. The number of methoxy groups -OCH3 is 1. The number of hydrogen-bond acceptors (Lipinski definition) is 3. The van der Waals surface area contributed by atoms with Crippen LogP contribution in [0.5, 0.6) is 5.75 Å². The van der Waals surface area contributed by atoms with Gasteiger partial charge < -0.3 is 15.4 Å². The molecule has 1 aliphatic rings. The molecule has 21 heavy (non-hydrogen) atoms. The molecular weight excluding hydrogens is 264 g/mol. The van der Waals surface area contributed by atoms with Gasteiger partial charge in [-0.3, -0.25) is 4.79 Å². The van der Waals surface area contributed by atoms with Crippen molar-refractivity contribution in [2.75, 3.05) is 25.5 Å². The first-order chi connectivity index (χ1) is 10.2. The Kier molecular flexibility index (Phi) is 5.62. The fourth-order valence-electron chi connectivity index (χ4n) is 3.10. The van der Waals surface area contributed by atoms with E-state index < -0.39 is 0 Å². The molecule has 2 N–H and O–H groups in total. The smallest absolute Gasteiger partial charge is 0.238 e. The van der Waals surface area contributed by atoms with Crippen LogP contribution in [0, 0.1) is 5.41 Å². The lowest BCUT2D eigenvalue weighted by molar-refractivity contribution is -0.115. The molecule has 0 radical (unpaired) electrons. The predicted octanol–water partition coefficient (Wildman–Crippen LogP) is 3.19. The fraction of sp³-hybridized carbons (Fsp3) is 0.588. The van der Waals surface area contributed by atoms with E-state index in [1.54, 1.807) is 7.11 Å². The number of rotatable bonds is 7. The highest BCUT2D eigenvalue weighted by Gasteiger charge is 2.31. The van der Waals surface area contributed by atoms with Gasteiger partial charge in [0.25, 0.3) is 0 Å². The Morgan fingerprint density at radius 1 is 1.24 bits per heavy atom. The van der Waals surface area contributed by atoms with Crippen molar-refractivity contribution in [3.8, 4) is 5.75 Å². The normalized spacial score (nSPS) is 16.7. The van der Waals surface area contributed by atoms with Gasteiger partial charge in [-0.25, -0.2) is 0 Å². The standard InChI is InChI=1S/C17H26N2O2/c1-3-17(10-4-5-11-17)13-18-12-16(20)19-14-6-8-15(21-2)9-7-14/h6-9,18H,3-5,10-13H2,1-2H3,(H,19,20). The minimum absolute atomic E-state index is 0.00409. The van der Waals surface area contributed by atoms with Crippen molar-refractivity contribution in [2.45, 2.75) is 39.0 Å². The summed E-state index contributed by atoms with van der Waals surface area (Å²) in [6.45, 7) is 3.57. The van der Waals surface area contributed by atoms with E-state index in [1.165, 1.54) is 32.1 Å². The first-order valence-corrected chi connectivity index (χ1v) is 7.82. The van der Waals surface area contributed by atoms with Crippen molar-refractivity contribution >= 4 is 11.6 Å². The number of benzene rings is 1. The molecule has 116 valence electrons. The Labute approximate surface area is 127 Å². The molecular formula is C17H26N2O2. The Bertz CT molecular complexity index is 450. The maximum absolute atomic E-state index is 11.9. The summed E-state index contributed by atoms with van der Waals surface area (Å²) < 4.78 is 5.09. The van der Waals surface area contributed by atoms with Crippen LogP contribution in [0.25, 0.3) is 0 Å². The maximum atomic E-state index is 11.9. The van der Waals surface area contributed by atoms with Crippen molar-refractivity contribution < 1.29 is 9.53 Å². The molecule has 0 atom stereocenters. The van der Waals surface area contributed by atoms with Gasteiger partial charge in [-0.2, -0.15) is 0 Å². The molecule has 1 fully saturated rings. The molecule has 1 saturated carbocycles. The molecule has 1 amide bonds. The van der Waals surface area contributed by atoms with Gasteiger partial charge in [-0.1, -0.05) is 19.8 Å². The minimum Gasteiger partial charge on any atom is -0.497 e. The van der Waals surface area contributed by atoms with Gasteiger partial charge in [0.15, 0.2) is 0 Å². The third kappa shape index (κ3) is 4.46. The number of carbonyl (C=O) groups is 1. The zero-order valence-corrected chi connectivity index (χ0v) is 13.1. The topological polar surface area (TPSA) is 50.4 Å². The van der Waals surface area contributed by atoms with Crippen LogP contribution in [-0.4, -0.2) is 26.1 Å². The number of amides is 1. The minimum atomic E-state index is 0.00409. The first kappa shape index (κ1) is 15.8. The van der Waals surface area contributed by atoms with E-state index in [9.17, 15) is 4.79 Å². The highest BCUT2D eigenvalue weighted by Crippen LogP contribution is 2.40. The molecule has 0 bridgehead atoms. The lowest BCUT2D eigenvalue weighted by Gasteiger charge is -2.27. The Balaban J connectivity index is 1.74. The van der Waals surface area contributed by atoms with Gasteiger partial charge >= 0.3 is 0 Å². The van der Waals surface area contributed by atoms with Crippen LogP contribution in [0.2, 0.25) is 0 Å². The van der Waals surface area contributed by atoms with Crippen LogP contribution in [0.15, 0.2) is 24.3 Å². The molecule has 4 heteroatoms. The summed E-state index contributed by atoms with van der Waals surface area (Å²) in [6, 6.07) is 7.38. The number of ether oxygens (including phenoxy) is 1. The summed E-state index contributed by atoms with van der Waals surface area (Å²) in [5.74, 6) is 0.793. The Morgan fingerprint density at radius 3 is 2.48 bits per heavy atom. The second-order valence-corrected chi connectivity index (χ2v) is 5.94. The third-order valence-electron chi connectivity index (χ3n) is 4.57. The monoisotopic (exact) mass is 290 g/mol. The second-order valence-electron chi connectivity index (χ2n) is 5.94. The molecule has 0 aliphatic heterocycles. The quantitative estimate of drug-likeness (QED) is 0.811. The van der Waals surface area contributed by atoms with E-state index in [0.29, 0.717) is 12.0 Å². The van der Waals surface area contributed by atoms with Crippen molar-refractivity contribution in [1.82, 2.24) is 5.32 Å². The number of carbonyl (C=O) groups excluding carboxylic acids is 1. The zero-order valence-electron chi connectivity index (χ0n) is 13.1. The number of hydrogen-bond donors (Lipinski definition) is 2. The first-order valence-electron chi connectivity index (χ1n) is 7.82. The van der Waals surface area contributed by atoms with E-state index in [0.717, 1.165) is 18.0 Å². The molecule has 1 aromatic carbocycles. The van der Waals surface area contributed by atoms with Crippen LogP contribution in [0.1, 0.15) is 39.0 Å². The van der Waals surface area contributed by atoms with Crippen LogP contribution >= 0.6 is 0 Å². The number of nitrogens with one attached hydrogen (secondary N) is 2. The summed E-state index contributed by atoms with van der Waals surface area (Å²) in [7, 11) is 1.63. The van der Waals surface area contributed by atoms with E-state index in [4.69, 9.17) is 4.74 Å². The van der Waals surface area contributed by atoms with E-state index in [2.05, 4.69) is 17.6 Å². The zero-order chi connectivity index (χ0) is 15.1. The molecule has 1 aromatic rings. The van der Waals surface area contributed by atoms with Crippen molar-refractivity contribution in [3.63, 3.8) is 0 Å². The summed E-state index contributed by atoms with van der Waals surface area (Å²) in [5.41, 5.74) is 1.22. The van der Waals surface area contributed by atoms with Crippen LogP contribution in [0.3, 0.4) is 0 Å². The van der Waals surface area contributed by atoms with Gasteiger partial charge in [0.05, 0.1) is 13.7 Å². The van der Waals surface area contributed by atoms with Crippen LogP contribution < -0.4 is 15.4 Å². The van der Waals surface area contributed by atoms with Crippen LogP contribution in [0.4, 0.5) is 5.69 Å². The highest BCUT2D eigenvalue weighted by molar-refractivity contribution is 5.92. The van der Waals surface area contributed by atoms with Gasteiger partial charge in [-0.05, 0) is 48.9 Å². The summed E-state index contributed by atoms with van der Waals surface area (Å²) in [5, 5.41) is 6.22. The molecule has 1 aliphatic carbocycles.